The molecule has 3 atom stereocenters. The zero-order valence-corrected chi connectivity index (χ0v) is 18.3. The van der Waals surface area contributed by atoms with Gasteiger partial charge in [0.1, 0.15) is 18.3 Å². The topological polar surface area (TPSA) is 36.9 Å². The molecule has 0 aliphatic carbocycles. The monoisotopic (exact) mass is 388 g/mol. The zero-order chi connectivity index (χ0) is 21.0. The molecule has 1 fully saturated rings. The summed E-state index contributed by atoms with van der Waals surface area (Å²) in [6.45, 7) is 13.5. The van der Waals surface area contributed by atoms with Crippen LogP contribution < -0.4 is 0 Å². The van der Waals surface area contributed by atoms with Crippen LogP contribution in [0.2, 0.25) is 0 Å². The van der Waals surface area contributed by atoms with Crippen LogP contribution in [0.5, 0.6) is 0 Å². The van der Waals surface area contributed by atoms with Crippen LogP contribution in [0.25, 0.3) is 0 Å². The first-order valence-electron chi connectivity index (χ1n) is 10.1. The third-order valence-electron chi connectivity index (χ3n) is 4.31. The van der Waals surface area contributed by atoms with Crippen LogP contribution in [-0.4, -0.2) is 37.0 Å². The van der Waals surface area contributed by atoms with E-state index in [4.69, 9.17) is 18.9 Å². The Morgan fingerprint density at radius 1 is 1.21 bits per heavy atom. The number of hydrogen-bond donors (Lipinski definition) is 0. The second kappa shape index (κ2) is 12.1. The highest BCUT2D eigenvalue weighted by atomic mass is 16.7. The van der Waals surface area contributed by atoms with E-state index in [0.717, 1.165) is 6.42 Å². The van der Waals surface area contributed by atoms with Gasteiger partial charge in [0.05, 0.1) is 0 Å². The summed E-state index contributed by atoms with van der Waals surface area (Å²) in [4.78, 5) is 0. The standard InChI is InChI=1S/C24H36O4/c1-8-10-11-12-15-18-21-22(28-24(5,6)27-21)19-16-13-14-17-20(9-2)26-23(3,4)25-7/h9,15,18,20-22H,2,8,10-12,19H2,1,3-7H3. The molecule has 0 aromatic rings. The van der Waals surface area contributed by atoms with E-state index in [1.54, 1.807) is 13.2 Å². The van der Waals surface area contributed by atoms with Gasteiger partial charge in [-0.05, 0) is 52.4 Å². The number of rotatable bonds is 10. The predicted octanol–water partition coefficient (Wildman–Crippen LogP) is 4.99. The van der Waals surface area contributed by atoms with Gasteiger partial charge < -0.3 is 18.9 Å². The van der Waals surface area contributed by atoms with E-state index in [1.165, 1.54) is 19.3 Å². The highest BCUT2D eigenvalue weighted by molar-refractivity contribution is 5.29. The van der Waals surface area contributed by atoms with Gasteiger partial charge in [-0.15, -0.1) is 0 Å². The lowest BCUT2D eigenvalue weighted by molar-refractivity contribution is -0.203. The number of unbranched alkanes of at least 4 members (excludes halogenated alkanes) is 3. The molecule has 0 aromatic heterocycles. The van der Waals surface area contributed by atoms with Gasteiger partial charge in [-0.1, -0.05) is 56.4 Å². The fraction of sp³-hybridized carbons (Fsp3) is 0.667. The summed E-state index contributed by atoms with van der Waals surface area (Å²) in [6, 6.07) is 0. The van der Waals surface area contributed by atoms with Gasteiger partial charge >= 0.3 is 0 Å². The quantitative estimate of drug-likeness (QED) is 0.229. The van der Waals surface area contributed by atoms with Crippen LogP contribution in [-0.2, 0) is 18.9 Å². The summed E-state index contributed by atoms with van der Waals surface area (Å²) >= 11 is 0. The lowest BCUT2D eigenvalue weighted by atomic mass is 10.1. The van der Waals surface area contributed by atoms with E-state index in [-0.39, 0.29) is 12.2 Å². The molecule has 1 aliphatic rings. The maximum Gasteiger partial charge on any atom is 0.164 e. The minimum absolute atomic E-state index is 0.0781. The van der Waals surface area contributed by atoms with Crippen molar-refractivity contribution >= 4 is 0 Å². The van der Waals surface area contributed by atoms with Crippen LogP contribution in [0.15, 0.2) is 24.8 Å². The summed E-state index contributed by atoms with van der Waals surface area (Å²) in [7, 11) is 1.59. The highest BCUT2D eigenvalue weighted by Crippen LogP contribution is 2.30. The Kier molecular flexibility index (Phi) is 10.6. The van der Waals surface area contributed by atoms with Crippen LogP contribution in [0.1, 0.15) is 66.7 Å². The van der Waals surface area contributed by atoms with Crippen LogP contribution in [0.3, 0.4) is 0 Å². The molecule has 0 N–H and O–H groups in total. The lowest BCUT2D eigenvalue weighted by Crippen LogP contribution is -2.30. The Labute approximate surface area is 171 Å². The molecule has 0 spiro atoms. The minimum Gasteiger partial charge on any atom is -0.354 e. The summed E-state index contributed by atoms with van der Waals surface area (Å²) in [5.41, 5.74) is 0. The molecular weight excluding hydrogens is 352 g/mol. The molecule has 0 bridgehead atoms. The maximum absolute atomic E-state index is 5.99. The van der Waals surface area contributed by atoms with E-state index >= 15 is 0 Å². The Balaban J connectivity index is 2.61. The van der Waals surface area contributed by atoms with E-state index in [2.05, 4.69) is 49.3 Å². The predicted molar refractivity (Wildman–Crippen MR) is 113 cm³/mol. The number of hydrogen-bond acceptors (Lipinski definition) is 4. The van der Waals surface area contributed by atoms with Crippen molar-refractivity contribution in [1.29, 1.82) is 0 Å². The average Bonchev–Trinajstić information content (AvgIpc) is 2.93. The van der Waals surface area contributed by atoms with Gasteiger partial charge in [0.2, 0.25) is 0 Å². The Morgan fingerprint density at radius 3 is 2.61 bits per heavy atom. The molecule has 1 heterocycles. The van der Waals surface area contributed by atoms with Crippen molar-refractivity contribution < 1.29 is 18.9 Å². The maximum atomic E-state index is 5.99. The van der Waals surface area contributed by atoms with E-state index in [0.29, 0.717) is 6.42 Å². The zero-order valence-electron chi connectivity index (χ0n) is 18.3. The Morgan fingerprint density at radius 2 is 1.96 bits per heavy atom. The number of ether oxygens (including phenoxy) is 4. The number of allylic oxidation sites excluding steroid dienone is 1. The highest BCUT2D eigenvalue weighted by Gasteiger charge is 2.39. The van der Waals surface area contributed by atoms with Crippen LogP contribution in [0.4, 0.5) is 0 Å². The molecule has 3 unspecified atom stereocenters. The molecule has 0 radical (unpaired) electrons. The number of methoxy groups -OCH3 is 1. The molecule has 0 amide bonds. The van der Waals surface area contributed by atoms with Crippen molar-refractivity contribution in [3.05, 3.63) is 24.8 Å². The van der Waals surface area contributed by atoms with Gasteiger partial charge in [0, 0.05) is 13.5 Å². The lowest BCUT2D eigenvalue weighted by Gasteiger charge is -2.25. The van der Waals surface area contributed by atoms with E-state index < -0.39 is 17.7 Å². The van der Waals surface area contributed by atoms with Gasteiger partial charge in [0.25, 0.3) is 0 Å². The molecule has 156 valence electrons. The summed E-state index contributed by atoms with van der Waals surface area (Å²) in [6.07, 6.45) is 10.6. The van der Waals surface area contributed by atoms with Crippen molar-refractivity contribution in [2.45, 2.75) is 96.6 Å². The Hall–Kier alpha value is -1.56. The third kappa shape index (κ3) is 9.58. The fourth-order valence-corrected chi connectivity index (χ4v) is 2.72. The summed E-state index contributed by atoms with van der Waals surface area (Å²) < 4.78 is 22.9. The molecule has 4 heteroatoms. The van der Waals surface area contributed by atoms with Crippen LogP contribution >= 0.6 is 0 Å². The van der Waals surface area contributed by atoms with Crippen molar-refractivity contribution in [1.82, 2.24) is 0 Å². The molecule has 4 nitrogen and oxygen atoms in total. The molecule has 28 heavy (non-hydrogen) atoms. The summed E-state index contributed by atoms with van der Waals surface area (Å²) in [5, 5.41) is 0. The average molecular weight is 389 g/mol. The van der Waals surface area contributed by atoms with E-state index in [1.807, 2.05) is 27.7 Å². The largest absolute Gasteiger partial charge is 0.354 e. The van der Waals surface area contributed by atoms with Gasteiger partial charge in [0.15, 0.2) is 11.6 Å². The van der Waals surface area contributed by atoms with Gasteiger partial charge in [-0.25, -0.2) is 0 Å². The minimum atomic E-state index is -0.724. The van der Waals surface area contributed by atoms with E-state index in [9.17, 15) is 0 Å². The van der Waals surface area contributed by atoms with Crippen molar-refractivity contribution in [3.63, 3.8) is 0 Å². The van der Waals surface area contributed by atoms with Crippen molar-refractivity contribution in [2.24, 2.45) is 0 Å². The normalized spacial score (nSPS) is 22.2. The first kappa shape index (κ1) is 24.5. The van der Waals surface area contributed by atoms with Crippen molar-refractivity contribution in [3.8, 4) is 23.7 Å². The van der Waals surface area contributed by atoms with Gasteiger partial charge in [-0.3, -0.25) is 0 Å². The second-order valence-corrected chi connectivity index (χ2v) is 7.72. The SMILES string of the molecule is C=CC(C#CC#CCC1OC(C)(C)OC1C=CCCCCC)OC(C)(C)OC. The van der Waals surface area contributed by atoms with Crippen LogP contribution in [0, 0.1) is 23.7 Å². The second-order valence-electron chi connectivity index (χ2n) is 7.72. The molecule has 1 aliphatic heterocycles. The summed E-state index contributed by atoms with van der Waals surface area (Å²) in [5.74, 6) is 10.4. The van der Waals surface area contributed by atoms with Crippen molar-refractivity contribution in [2.75, 3.05) is 7.11 Å². The Bertz CT molecular complexity index is 624. The van der Waals surface area contributed by atoms with Gasteiger partial charge in [-0.2, -0.15) is 0 Å². The smallest absolute Gasteiger partial charge is 0.164 e. The molecule has 0 aromatic carbocycles. The first-order chi connectivity index (χ1) is 13.2. The first-order valence-corrected chi connectivity index (χ1v) is 10.1. The molecule has 0 saturated carbocycles. The molecular formula is C24H36O4. The molecule has 1 rings (SSSR count). The third-order valence-corrected chi connectivity index (χ3v) is 4.31. The fourth-order valence-electron chi connectivity index (χ4n) is 2.72. The molecule has 1 saturated heterocycles.